The largest absolute Gasteiger partial charge is 0.465 e. The van der Waals surface area contributed by atoms with Gasteiger partial charge in [0.2, 0.25) is 0 Å². The highest BCUT2D eigenvalue weighted by Crippen LogP contribution is 2.14. The topological polar surface area (TPSA) is 52.6 Å². The van der Waals surface area contributed by atoms with Gasteiger partial charge in [-0.3, -0.25) is 9.59 Å². The van der Waals surface area contributed by atoms with E-state index in [0.717, 1.165) is 18.4 Å². The first-order valence-corrected chi connectivity index (χ1v) is 9.39. The van der Waals surface area contributed by atoms with Crippen molar-refractivity contribution in [1.82, 2.24) is 0 Å². The molecule has 0 N–H and O–H groups in total. The number of hydrogen-bond donors (Lipinski definition) is 0. The van der Waals surface area contributed by atoms with Gasteiger partial charge in [0.15, 0.2) is 0 Å². The first-order valence-electron chi connectivity index (χ1n) is 9.02. The van der Waals surface area contributed by atoms with Gasteiger partial charge in [-0.1, -0.05) is 50.9 Å². The van der Waals surface area contributed by atoms with Gasteiger partial charge in [0.05, 0.1) is 6.61 Å². The van der Waals surface area contributed by atoms with Gasteiger partial charge >= 0.3 is 11.9 Å². The first-order chi connectivity index (χ1) is 11.9. The quantitative estimate of drug-likeness (QED) is 0.518. The van der Waals surface area contributed by atoms with Crippen LogP contribution in [0.25, 0.3) is 0 Å². The van der Waals surface area contributed by atoms with Crippen LogP contribution in [0.15, 0.2) is 24.3 Å². The monoisotopic (exact) mass is 368 g/mol. The number of rotatable bonds is 11. The van der Waals surface area contributed by atoms with Crippen molar-refractivity contribution in [2.24, 2.45) is 5.92 Å². The van der Waals surface area contributed by atoms with Crippen LogP contribution in [0.3, 0.4) is 0 Å². The third-order valence-corrected chi connectivity index (χ3v) is 4.18. The molecule has 5 heteroatoms. The van der Waals surface area contributed by atoms with E-state index in [1.165, 1.54) is 0 Å². The van der Waals surface area contributed by atoms with E-state index in [2.05, 4.69) is 6.92 Å². The predicted molar refractivity (Wildman–Crippen MR) is 99.6 cm³/mol. The minimum Gasteiger partial charge on any atom is -0.465 e. The van der Waals surface area contributed by atoms with Crippen LogP contribution >= 0.6 is 11.6 Å². The summed E-state index contributed by atoms with van der Waals surface area (Å²) in [5.41, 5.74) is 1.07. The van der Waals surface area contributed by atoms with Gasteiger partial charge in [0.1, 0.15) is 6.10 Å². The lowest BCUT2D eigenvalue weighted by molar-refractivity contribution is -0.152. The summed E-state index contributed by atoms with van der Waals surface area (Å²) in [6.45, 7) is 6.50. The van der Waals surface area contributed by atoms with E-state index in [-0.39, 0.29) is 30.9 Å². The minimum absolute atomic E-state index is 0.0381. The fraction of sp³-hybridized carbons (Fsp3) is 0.600. The van der Waals surface area contributed by atoms with Crippen molar-refractivity contribution in [2.75, 3.05) is 6.61 Å². The van der Waals surface area contributed by atoms with E-state index in [1.807, 2.05) is 38.1 Å². The third-order valence-electron chi connectivity index (χ3n) is 3.93. The van der Waals surface area contributed by atoms with Gasteiger partial charge in [-0.2, -0.15) is 0 Å². The van der Waals surface area contributed by atoms with Gasteiger partial charge in [0.25, 0.3) is 0 Å². The SMILES string of the molecule is CCCC(OC(=O)CCCC(=O)OCCc1ccc(Cl)cc1)C(C)C. The molecule has 0 saturated carbocycles. The average Bonchev–Trinajstić information content (AvgIpc) is 2.56. The van der Waals surface area contributed by atoms with Crippen molar-refractivity contribution in [3.8, 4) is 0 Å². The van der Waals surface area contributed by atoms with E-state index in [1.54, 1.807) is 0 Å². The first kappa shape index (κ1) is 21.5. The summed E-state index contributed by atoms with van der Waals surface area (Å²) >= 11 is 5.82. The maximum absolute atomic E-state index is 11.9. The second-order valence-corrected chi connectivity index (χ2v) is 6.95. The number of esters is 2. The van der Waals surface area contributed by atoms with Crippen LogP contribution in [0.4, 0.5) is 0 Å². The molecule has 0 radical (unpaired) electrons. The summed E-state index contributed by atoms with van der Waals surface area (Å²) in [5.74, 6) is -0.210. The Morgan fingerprint density at radius 3 is 2.32 bits per heavy atom. The molecule has 0 bridgehead atoms. The number of ether oxygens (including phenoxy) is 2. The summed E-state index contributed by atoms with van der Waals surface area (Å²) in [6, 6.07) is 7.45. The summed E-state index contributed by atoms with van der Waals surface area (Å²) in [4.78, 5) is 23.6. The van der Waals surface area contributed by atoms with Crippen molar-refractivity contribution in [2.45, 2.75) is 65.4 Å². The van der Waals surface area contributed by atoms with Crippen LogP contribution in [0.1, 0.15) is 58.4 Å². The summed E-state index contributed by atoms with van der Waals surface area (Å²) in [5, 5.41) is 0.686. The van der Waals surface area contributed by atoms with Gasteiger partial charge in [-0.25, -0.2) is 0 Å². The molecule has 1 aromatic carbocycles. The Bertz CT molecular complexity index is 525. The zero-order valence-corrected chi connectivity index (χ0v) is 16.2. The number of hydrogen-bond acceptors (Lipinski definition) is 4. The van der Waals surface area contributed by atoms with E-state index in [9.17, 15) is 9.59 Å². The molecule has 1 atom stereocenters. The van der Waals surface area contributed by atoms with E-state index in [4.69, 9.17) is 21.1 Å². The normalized spacial score (nSPS) is 12.0. The fourth-order valence-corrected chi connectivity index (χ4v) is 2.55. The number of benzene rings is 1. The highest BCUT2D eigenvalue weighted by atomic mass is 35.5. The standard InChI is InChI=1S/C20H29ClO4/c1-4-6-18(15(2)3)25-20(23)8-5-7-19(22)24-14-13-16-9-11-17(21)12-10-16/h9-12,15,18H,4-8,13-14H2,1-3H3. The molecule has 0 spiro atoms. The molecule has 1 unspecified atom stereocenters. The molecule has 1 aromatic rings. The molecule has 0 aliphatic rings. The van der Waals surface area contributed by atoms with Crippen LogP contribution in [0.5, 0.6) is 0 Å². The highest BCUT2D eigenvalue weighted by Gasteiger charge is 2.17. The molecular weight excluding hydrogens is 340 g/mol. The molecule has 0 saturated heterocycles. The third kappa shape index (κ3) is 9.49. The van der Waals surface area contributed by atoms with Crippen molar-refractivity contribution < 1.29 is 19.1 Å². The molecule has 0 aromatic heterocycles. The van der Waals surface area contributed by atoms with Crippen LogP contribution in [-0.4, -0.2) is 24.6 Å². The van der Waals surface area contributed by atoms with Crippen molar-refractivity contribution in [1.29, 1.82) is 0 Å². The molecule has 0 aliphatic carbocycles. The zero-order valence-electron chi connectivity index (χ0n) is 15.4. The smallest absolute Gasteiger partial charge is 0.306 e. The molecule has 0 aliphatic heterocycles. The van der Waals surface area contributed by atoms with E-state index in [0.29, 0.717) is 30.4 Å². The molecule has 140 valence electrons. The lowest BCUT2D eigenvalue weighted by atomic mass is 10.0. The Balaban J connectivity index is 2.16. The van der Waals surface area contributed by atoms with E-state index < -0.39 is 0 Å². The van der Waals surface area contributed by atoms with Crippen LogP contribution < -0.4 is 0 Å². The van der Waals surface area contributed by atoms with Gasteiger partial charge in [-0.05, 0) is 36.5 Å². The Morgan fingerprint density at radius 2 is 1.72 bits per heavy atom. The molecule has 0 amide bonds. The highest BCUT2D eigenvalue weighted by molar-refractivity contribution is 6.30. The Hall–Kier alpha value is -1.55. The minimum atomic E-state index is -0.282. The molecule has 0 fully saturated rings. The van der Waals surface area contributed by atoms with Crippen LogP contribution in [0, 0.1) is 5.92 Å². The molecule has 1 rings (SSSR count). The molecule has 0 heterocycles. The number of carbonyl (C=O) groups is 2. The predicted octanol–water partition coefficient (Wildman–Crippen LogP) is 4.96. The van der Waals surface area contributed by atoms with Crippen molar-refractivity contribution in [3.63, 3.8) is 0 Å². The summed E-state index contributed by atoms with van der Waals surface area (Å²) in [7, 11) is 0. The zero-order chi connectivity index (χ0) is 18.7. The second-order valence-electron chi connectivity index (χ2n) is 6.51. The maximum atomic E-state index is 11.9. The average molecular weight is 369 g/mol. The maximum Gasteiger partial charge on any atom is 0.306 e. The van der Waals surface area contributed by atoms with E-state index >= 15 is 0 Å². The summed E-state index contributed by atoms with van der Waals surface area (Å²) in [6.07, 6.45) is 3.40. The lowest BCUT2D eigenvalue weighted by Crippen LogP contribution is -2.23. The molecular formula is C20H29ClO4. The van der Waals surface area contributed by atoms with Gasteiger partial charge in [0, 0.05) is 24.3 Å². The molecule has 4 nitrogen and oxygen atoms in total. The van der Waals surface area contributed by atoms with Crippen LogP contribution in [-0.2, 0) is 25.5 Å². The Kier molecular flexibility index (Phi) is 10.2. The lowest BCUT2D eigenvalue weighted by Gasteiger charge is -2.20. The van der Waals surface area contributed by atoms with Crippen molar-refractivity contribution in [3.05, 3.63) is 34.9 Å². The Labute approximate surface area is 155 Å². The molecule has 25 heavy (non-hydrogen) atoms. The number of halogens is 1. The second kappa shape index (κ2) is 11.9. The Morgan fingerprint density at radius 1 is 1.08 bits per heavy atom. The van der Waals surface area contributed by atoms with Gasteiger partial charge < -0.3 is 9.47 Å². The van der Waals surface area contributed by atoms with Crippen molar-refractivity contribution >= 4 is 23.5 Å². The fourth-order valence-electron chi connectivity index (χ4n) is 2.42. The van der Waals surface area contributed by atoms with Crippen LogP contribution in [0.2, 0.25) is 5.02 Å². The summed E-state index contributed by atoms with van der Waals surface area (Å²) < 4.78 is 10.7. The number of carbonyl (C=O) groups excluding carboxylic acids is 2. The van der Waals surface area contributed by atoms with Gasteiger partial charge in [-0.15, -0.1) is 0 Å².